The third-order valence-electron chi connectivity index (χ3n) is 5.42. The third kappa shape index (κ3) is 6.79. The van der Waals surface area contributed by atoms with E-state index in [-0.39, 0.29) is 12.1 Å². The molecule has 1 saturated heterocycles. The second-order valence-corrected chi connectivity index (χ2v) is 7.63. The molecule has 0 aromatic heterocycles. The monoisotopic (exact) mass is 427 g/mol. The molecule has 0 spiro atoms. The predicted octanol–water partition coefficient (Wildman–Crippen LogP) is 5.39. The first-order valence-corrected chi connectivity index (χ1v) is 11.0. The molecule has 2 amide bonds. The number of methoxy groups -OCH3 is 1. The highest BCUT2D eigenvalue weighted by Gasteiger charge is 2.14. The van der Waals surface area contributed by atoms with Crippen LogP contribution >= 0.6 is 0 Å². The Morgan fingerprint density at radius 3 is 2.35 bits per heavy atom. The minimum atomic E-state index is -0.225. The van der Waals surface area contributed by atoms with Gasteiger partial charge < -0.3 is 30.2 Å². The van der Waals surface area contributed by atoms with Crippen LogP contribution in [0, 0.1) is 0 Å². The van der Waals surface area contributed by atoms with Gasteiger partial charge in [-0.15, -0.1) is 0 Å². The lowest BCUT2D eigenvalue weighted by Gasteiger charge is -2.24. The Bertz CT molecular complexity index is 831. The van der Waals surface area contributed by atoms with Gasteiger partial charge >= 0.3 is 6.03 Å². The Kier molecular flexibility index (Phi) is 8.41. The summed E-state index contributed by atoms with van der Waals surface area (Å²) in [7, 11) is 1.58. The predicted molar refractivity (Wildman–Crippen MR) is 123 cm³/mol. The van der Waals surface area contributed by atoms with Gasteiger partial charge in [0.1, 0.15) is 5.75 Å². The highest BCUT2D eigenvalue weighted by atomic mass is 16.5. The summed E-state index contributed by atoms with van der Waals surface area (Å²) in [6.45, 7) is 5.72. The number of carbonyl (C=O) groups is 1. The Labute approximate surface area is 184 Å². The summed E-state index contributed by atoms with van der Waals surface area (Å²) >= 11 is 0. The first-order chi connectivity index (χ1) is 15.1. The van der Waals surface area contributed by atoms with E-state index in [9.17, 15) is 4.79 Å². The minimum Gasteiger partial charge on any atom is -0.493 e. The lowest BCUT2D eigenvalue weighted by molar-refractivity contribution is 0.0904. The van der Waals surface area contributed by atoms with E-state index in [2.05, 4.69) is 29.8 Å². The zero-order valence-electron chi connectivity index (χ0n) is 18.6. The van der Waals surface area contributed by atoms with Gasteiger partial charge in [-0.3, -0.25) is 0 Å². The van der Waals surface area contributed by atoms with Gasteiger partial charge in [0.25, 0.3) is 0 Å². The van der Waals surface area contributed by atoms with Gasteiger partial charge in [-0.2, -0.15) is 0 Å². The first-order valence-electron chi connectivity index (χ1n) is 11.0. The average molecular weight is 428 g/mol. The molecular formula is C24H33N3O4. The van der Waals surface area contributed by atoms with Crippen molar-refractivity contribution >= 4 is 17.4 Å². The van der Waals surface area contributed by atoms with Gasteiger partial charge in [0.2, 0.25) is 0 Å². The highest BCUT2D eigenvalue weighted by Crippen LogP contribution is 2.34. The zero-order valence-corrected chi connectivity index (χ0v) is 18.6. The van der Waals surface area contributed by atoms with Gasteiger partial charge in [-0.1, -0.05) is 13.8 Å². The largest absolute Gasteiger partial charge is 0.493 e. The molecule has 168 valence electrons. The molecular weight excluding hydrogens is 394 g/mol. The number of rotatable bonds is 9. The van der Waals surface area contributed by atoms with Gasteiger partial charge in [0.15, 0.2) is 11.5 Å². The van der Waals surface area contributed by atoms with Crippen LogP contribution in [0.1, 0.15) is 39.5 Å². The van der Waals surface area contributed by atoms with Crippen LogP contribution in [0.15, 0.2) is 42.5 Å². The number of ether oxygens (including phenoxy) is 3. The van der Waals surface area contributed by atoms with Crippen molar-refractivity contribution in [2.45, 2.75) is 51.6 Å². The molecule has 2 aromatic carbocycles. The summed E-state index contributed by atoms with van der Waals surface area (Å²) < 4.78 is 16.9. The number of anilines is 2. The van der Waals surface area contributed by atoms with Crippen molar-refractivity contribution in [2.75, 3.05) is 31.0 Å². The summed E-state index contributed by atoms with van der Waals surface area (Å²) in [6, 6.07) is 13.6. The van der Waals surface area contributed by atoms with Crippen LogP contribution in [0.3, 0.4) is 0 Å². The first kappa shape index (κ1) is 22.7. The van der Waals surface area contributed by atoms with Gasteiger partial charge in [-0.05, 0) is 62.1 Å². The number of benzene rings is 2. The number of nitrogens with one attached hydrogen (secondary N) is 3. The van der Waals surface area contributed by atoms with Crippen molar-refractivity contribution in [3.05, 3.63) is 42.5 Å². The number of hydrogen-bond donors (Lipinski definition) is 3. The standard InChI is InChI=1S/C24H33N3O4/c1-4-17(5-2)26-24(28)27-20-8-11-22(23(16-20)29-3)31-21-9-6-18(7-10-21)25-19-12-14-30-15-13-19/h6-11,16-17,19,25H,4-5,12-15H2,1-3H3,(H2,26,27,28). The highest BCUT2D eigenvalue weighted by molar-refractivity contribution is 5.89. The van der Waals surface area contributed by atoms with Crippen molar-refractivity contribution in [3.63, 3.8) is 0 Å². The second-order valence-electron chi connectivity index (χ2n) is 7.63. The Hall–Kier alpha value is -2.93. The summed E-state index contributed by atoms with van der Waals surface area (Å²) in [5.74, 6) is 1.84. The van der Waals surface area contributed by atoms with E-state index in [4.69, 9.17) is 14.2 Å². The second kappa shape index (κ2) is 11.5. The lowest BCUT2D eigenvalue weighted by atomic mass is 10.1. The van der Waals surface area contributed by atoms with Crippen molar-refractivity contribution in [3.8, 4) is 17.2 Å². The number of carbonyl (C=O) groups excluding carboxylic acids is 1. The Morgan fingerprint density at radius 1 is 1.03 bits per heavy atom. The van der Waals surface area contributed by atoms with Crippen LogP contribution in [0.5, 0.6) is 17.2 Å². The average Bonchev–Trinajstić information content (AvgIpc) is 2.80. The van der Waals surface area contributed by atoms with Crippen LogP contribution in [0.25, 0.3) is 0 Å². The fourth-order valence-corrected chi connectivity index (χ4v) is 3.50. The lowest BCUT2D eigenvalue weighted by Crippen LogP contribution is -2.37. The molecule has 3 N–H and O–H groups in total. The van der Waals surface area contributed by atoms with Crippen molar-refractivity contribution in [1.29, 1.82) is 0 Å². The Morgan fingerprint density at radius 2 is 1.71 bits per heavy atom. The minimum absolute atomic E-state index is 0.161. The van der Waals surface area contributed by atoms with Crippen molar-refractivity contribution in [2.24, 2.45) is 0 Å². The number of amides is 2. The van der Waals surface area contributed by atoms with E-state index < -0.39 is 0 Å². The smallest absolute Gasteiger partial charge is 0.319 e. The van der Waals surface area contributed by atoms with Crippen LogP contribution in [0.2, 0.25) is 0 Å². The Balaban J connectivity index is 1.60. The van der Waals surface area contributed by atoms with E-state index in [1.54, 1.807) is 25.3 Å². The van der Waals surface area contributed by atoms with Gasteiger partial charge in [-0.25, -0.2) is 4.79 Å². The molecule has 3 rings (SSSR count). The number of hydrogen-bond acceptors (Lipinski definition) is 5. The fraction of sp³-hybridized carbons (Fsp3) is 0.458. The number of urea groups is 1. The van der Waals surface area contributed by atoms with Crippen molar-refractivity contribution in [1.82, 2.24) is 5.32 Å². The molecule has 0 aliphatic carbocycles. The van der Waals surface area contributed by atoms with Crippen LogP contribution < -0.4 is 25.4 Å². The molecule has 0 radical (unpaired) electrons. The normalized spacial score (nSPS) is 14.2. The van der Waals surface area contributed by atoms with E-state index in [0.717, 1.165) is 44.6 Å². The van der Waals surface area contributed by atoms with Gasteiger partial charge in [0, 0.05) is 42.7 Å². The molecule has 7 nitrogen and oxygen atoms in total. The topological polar surface area (TPSA) is 80.9 Å². The SMILES string of the molecule is CCC(CC)NC(=O)Nc1ccc(Oc2ccc(NC3CCOCC3)cc2)c(OC)c1. The van der Waals surface area contributed by atoms with Crippen LogP contribution in [0.4, 0.5) is 16.2 Å². The molecule has 1 aliphatic rings. The van der Waals surface area contributed by atoms with Crippen LogP contribution in [-0.4, -0.2) is 38.4 Å². The summed E-state index contributed by atoms with van der Waals surface area (Å²) in [4.78, 5) is 12.2. The molecule has 0 atom stereocenters. The molecule has 0 unspecified atom stereocenters. The fourth-order valence-electron chi connectivity index (χ4n) is 3.50. The van der Waals surface area contributed by atoms with E-state index in [1.807, 2.05) is 24.3 Å². The molecule has 0 saturated carbocycles. The van der Waals surface area contributed by atoms with E-state index >= 15 is 0 Å². The maximum atomic E-state index is 12.2. The van der Waals surface area contributed by atoms with E-state index in [0.29, 0.717) is 29.0 Å². The van der Waals surface area contributed by atoms with Crippen molar-refractivity contribution < 1.29 is 19.0 Å². The third-order valence-corrected chi connectivity index (χ3v) is 5.42. The molecule has 1 fully saturated rings. The maximum absolute atomic E-state index is 12.2. The van der Waals surface area contributed by atoms with Crippen LogP contribution in [-0.2, 0) is 4.74 Å². The zero-order chi connectivity index (χ0) is 22.1. The molecule has 2 aromatic rings. The summed E-state index contributed by atoms with van der Waals surface area (Å²) in [5, 5.41) is 9.34. The summed E-state index contributed by atoms with van der Waals surface area (Å²) in [6.07, 6.45) is 3.82. The molecule has 7 heteroatoms. The molecule has 1 aliphatic heterocycles. The molecule has 1 heterocycles. The maximum Gasteiger partial charge on any atom is 0.319 e. The molecule has 0 bridgehead atoms. The van der Waals surface area contributed by atoms with E-state index in [1.165, 1.54) is 0 Å². The quantitative estimate of drug-likeness (QED) is 0.500. The van der Waals surface area contributed by atoms with Gasteiger partial charge in [0.05, 0.1) is 7.11 Å². The summed E-state index contributed by atoms with van der Waals surface area (Å²) in [5.41, 5.74) is 1.71. The molecule has 31 heavy (non-hydrogen) atoms.